The normalized spacial score (nSPS) is 30.4. The molecule has 0 spiro atoms. The molecule has 1 heterocycles. The molecule has 6 heteroatoms. The number of carbonyl (C=O) groups excluding carboxylic acids is 2. The second-order valence-corrected chi connectivity index (χ2v) is 6.71. The fraction of sp³-hybridized carbons (Fsp3) is 0.867. The van der Waals surface area contributed by atoms with E-state index >= 15 is 0 Å². The molecule has 2 unspecified atom stereocenters. The van der Waals surface area contributed by atoms with E-state index in [4.69, 9.17) is 5.73 Å². The van der Waals surface area contributed by atoms with Gasteiger partial charge in [-0.15, -0.1) is 0 Å². The van der Waals surface area contributed by atoms with Gasteiger partial charge in [0.25, 0.3) is 0 Å². The van der Waals surface area contributed by atoms with Crippen molar-refractivity contribution in [3.8, 4) is 0 Å². The maximum absolute atomic E-state index is 12.4. The Labute approximate surface area is 126 Å². The molecule has 118 valence electrons. The molecule has 2 saturated carbocycles. The number of rotatable bonds is 4. The number of carbonyl (C=O) groups is 2. The lowest BCUT2D eigenvalue weighted by Gasteiger charge is -2.35. The maximum Gasteiger partial charge on any atom is 0.234 e. The molecule has 2 aliphatic carbocycles. The van der Waals surface area contributed by atoms with E-state index < -0.39 is 0 Å². The Hall–Kier alpha value is -1.14. The minimum atomic E-state index is 0.124. The van der Waals surface area contributed by atoms with E-state index in [1.807, 2.05) is 4.90 Å². The van der Waals surface area contributed by atoms with Crippen molar-refractivity contribution in [2.24, 2.45) is 11.7 Å². The Bertz CT molecular complexity index is 402. The highest BCUT2D eigenvalue weighted by Gasteiger charge is 2.32. The first-order chi connectivity index (χ1) is 10.1. The minimum Gasteiger partial charge on any atom is -0.352 e. The Morgan fingerprint density at radius 2 is 1.76 bits per heavy atom. The molecule has 3 aliphatic rings. The van der Waals surface area contributed by atoms with Crippen molar-refractivity contribution in [3.05, 3.63) is 0 Å². The highest BCUT2D eigenvalue weighted by atomic mass is 16.2. The zero-order chi connectivity index (χ0) is 14.8. The van der Waals surface area contributed by atoms with E-state index in [0.717, 1.165) is 58.3 Å². The van der Waals surface area contributed by atoms with Crippen LogP contribution < -0.4 is 11.1 Å². The Kier molecular flexibility index (Phi) is 4.45. The zero-order valence-corrected chi connectivity index (χ0v) is 12.6. The third kappa shape index (κ3) is 3.95. The summed E-state index contributed by atoms with van der Waals surface area (Å²) in [5, 5.41) is 3.01. The molecule has 1 saturated heterocycles. The van der Waals surface area contributed by atoms with Crippen molar-refractivity contribution in [2.45, 2.75) is 44.2 Å². The monoisotopic (exact) mass is 294 g/mol. The van der Waals surface area contributed by atoms with Gasteiger partial charge < -0.3 is 16.0 Å². The molecule has 2 atom stereocenters. The van der Waals surface area contributed by atoms with Crippen LogP contribution in [0.2, 0.25) is 0 Å². The first-order valence-corrected chi connectivity index (χ1v) is 8.18. The van der Waals surface area contributed by atoms with Gasteiger partial charge in [0, 0.05) is 44.2 Å². The number of nitrogens with two attached hydrogens (primary N) is 1. The summed E-state index contributed by atoms with van der Waals surface area (Å²) in [6.07, 6.45) is 4.99. The number of nitrogens with one attached hydrogen (secondary N) is 1. The predicted molar refractivity (Wildman–Crippen MR) is 79.5 cm³/mol. The first kappa shape index (κ1) is 14.8. The minimum absolute atomic E-state index is 0.124. The molecule has 21 heavy (non-hydrogen) atoms. The van der Waals surface area contributed by atoms with Crippen LogP contribution in [0.4, 0.5) is 0 Å². The number of nitrogens with zero attached hydrogens (tertiary/aromatic N) is 2. The van der Waals surface area contributed by atoms with Gasteiger partial charge in [0.1, 0.15) is 0 Å². The van der Waals surface area contributed by atoms with E-state index in [1.54, 1.807) is 0 Å². The molecule has 6 nitrogen and oxygen atoms in total. The third-order valence-electron chi connectivity index (χ3n) is 4.82. The van der Waals surface area contributed by atoms with Crippen molar-refractivity contribution in [1.82, 2.24) is 15.1 Å². The lowest BCUT2D eigenvalue weighted by Crippen LogP contribution is -2.52. The fourth-order valence-corrected chi connectivity index (χ4v) is 3.33. The summed E-state index contributed by atoms with van der Waals surface area (Å²) in [6, 6.07) is 0.623. The lowest BCUT2D eigenvalue weighted by molar-refractivity contribution is -0.137. The van der Waals surface area contributed by atoms with Crippen LogP contribution in [0.25, 0.3) is 0 Å². The van der Waals surface area contributed by atoms with Crippen molar-refractivity contribution < 1.29 is 9.59 Å². The van der Waals surface area contributed by atoms with Gasteiger partial charge in [-0.2, -0.15) is 0 Å². The van der Waals surface area contributed by atoms with Crippen LogP contribution >= 0.6 is 0 Å². The van der Waals surface area contributed by atoms with Crippen LogP contribution in [0, 0.1) is 5.92 Å². The molecule has 0 bridgehead atoms. The molecular weight excluding hydrogens is 268 g/mol. The number of amides is 2. The van der Waals surface area contributed by atoms with Crippen LogP contribution in [0.5, 0.6) is 0 Å². The van der Waals surface area contributed by atoms with Crippen LogP contribution in [0.3, 0.4) is 0 Å². The van der Waals surface area contributed by atoms with E-state index in [-0.39, 0.29) is 23.8 Å². The zero-order valence-electron chi connectivity index (χ0n) is 12.6. The second-order valence-electron chi connectivity index (χ2n) is 6.71. The summed E-state index contributed by atoms with van der Waals surface area (Å²) >= 11 is 0. The average Bonchev–Trinajstić information content (AvgIpc) is 3.17. The number of piperazine rings is 1. The summed E-state index contributed by atoms with van der Waals surface area (Å²) in [6.45, 7) is 3.53. The van der Waals surface area contributed by atoms with Gasteiger partial charge in [0.05, 0.1) is 6.54 Å². The van der Waals surface area contributed by atoms with Crippen LogP contribution in [-0.2, 0) is 9.59 Å². The predicted octanol–water partition coefficient (Wildman–Crippen LogP) is -0.463. The third-order valence-corrected chi connectivity index (χ3v) is 4.82. The van der Waals surface area contributed by atoms with Crippen molar-refractivity contribution in [1.29, 1.82) is 0 Å². The van der Waals surface area contributed by atoms with E-state index in [0.29, 0.717) is 12.6 Å². The van der Waals surface area contributed by atoms with Crippen molar-refractivity contribution >= 4 is 11.8 Å². The Morgan fingerprint density at radius 1 is 1.05 bits per heavy atom. The van der Waals surface area contributed by atoms with Crippen LogP contribution in [0.15, 0.2) is 0 Å². The molecule has 3 fully saturated rings. The molecule has 1 aliphatic heterocycles. The summed E-state index contributed by atoms with van der Waals surface area (Å²) in [4.78, 5) is 28.3. The van der Waals surface area contributed by atoms with Gasteiger partial charge in [0.2, 0.25) is 11.8 Å². The summed E-state index contributed by atoms with van der Waals surface area (Å²) in [5.74, 6) is 0.522. The van der Waals surface area contributed by atoms with Crippen LogP contribution in [0.1, 0.15) is 32.1 Å². The molecule has 0 aromatic heterocycles. The first-order valence-electron chi connectivity index (χ1n) is 8.18. The van der Waals surface area contributed by atoms with Gasteiger partial charge in [0.15, 0.2) is 0 Å². The molecule has 3 N–H and O–H groups in total. The number of hydrogen-bond donors (Lipinski definition) is 2. The van der Waals surface area contributed by atoms with Gasteiger partial charge in [-0.05, 0) is 32.1 Å². The van der Waals surface area contributed by atoms with E-state index in [1.165, 1.54) is 0 Å². The molecular formula is C15H26N4O2. The van der Waals surface area contributed by atoms with Gasteiger partial charge in [-0.1, -0.05) is 0 Å². The SMILES string of the molecule is NC1CCC(C(=O)N2CCN(CC(=O)NC3CC3)CC2)C1. The highest BCUT2D eigenvalue weighted by Crippen LogP contribution is 2.26. The quantitative estimate of drug-likeness (QED) is 0.735. The molecule has 3 rings (SSSR count). The fourth-order valence-electron chi connectivity index (χ4n) is 3.33. The summed E-state index contributed by atoms with van der Waals surface area (Å²) in [7, 11) is 0. The van der Waals surface area contributed by atoms with Crippen molar-refractivity contribution in [3.63, 3.8) is 0 Å². The molecule has 0 radical (unpaired) electrons. The van der Waals surface area contributed by atoms with Gasteiger partial charge >= 0.3 is 0 Å². The molecule has 0 aromatic carbocycles. The topological polar surface area (TPSA) is 78.7 Å². The Balaban J connectivity index is 1.39. The highest BCUT2D eigenvalue weighted by molar-refractivity contribution is 5.80. The lowest BCUT2D eigenvalue weighted by atomic mass is 10.1. The smallest absolute Gasteiger partial charge is 0.234 e. The number of hydrogen-bond acceptors (Lipinski definition) is 4. The standard InChI is InChI=1S/C15H26N4O2/c16-12-2-1-11(9-12)15(21)19-7-5-18(6-8-19)10-14(20)17-13-3-4-13/h11-13H,1-10,16H2,(H,17,20). The molecule has 0 aromatic rings. The average molecular weight is 294 g/mol. The summed E-state index contributed by atoms with van der Waals surface area (Å²) < 4.78 is 0. The molecule has 2 amide bonds. The summed E-state index contributed by atoms with van der Waals surface area (Å²) in [5.41, 5.74) is 5.89. The van der Waals surface area contributed by atoms with Crippen LogP contribution in [-0.4, -0.2) is 66.4 Å². The largest absolute Gasteiger partial charge is 0.352 e. The van der Waals surface area contributed by atoms with Gasteiger partial charge in [-0.3, -0.25) is 14.5 Å². The van der Waals surface area contributed by atoms with Gasteiger partial charge in [-0.25, -0.2) is 0 Å². The Morgan fingerprint density at radius 3 is 2.33 bits per heavy atom. The van der Waals surface area contributed by atoms with E-state index in [2.05, 4.69) is 10.2 Å². The second kappa shape index (κ2) is 6.32. The maximum atomic E-state index is 12.4. The van der Waals surface area contributed by atoms with Crippen molar-refractivity contribution in [2.75, 3.05) is 32.7 Å². The van der Waals surface area contributed by atoms with E-state index in [9.17, 15) is 9.59 Å².